The molecule has 61 heavy (non-hydrogen) atoms. The van der Waals surface area contributed by atoms with E-state index in [1.807, 2.05) is 0 Å². The van der Waals surface area contributed by atoms with Crippen molar-refractivity contribution in [2.24, 2.45) is 30.0 Å². The average molecular weight is 837 g/mol. The van der Waals surface area contributed by atoms with Gasteiger partial charge in [-0.15, -0.1) is 0 Å². The van der Waals surface area contributed by atoms with Crippen molar-refractivity contribution in [3.8, 4) is 0 Å². The van der Waals surface area contributed by atoms with Crippen molar-refractivity contribution in [1.29, 1.82) is 0 Å². The maximum Gasteiger partial charge on any atom is 0.246 e. The van der Waals surface area contributed by atoms with Gasteiger partial charge in [0.15, 0.2) is 34.9 Å². The summed E-state index contributed by atoms with van der Waals surface area (Å²) in [7, 11) is 0. The third-order valence-corrected chi connectivity index (χ3v) is 9.14. The summed E-state index contributed by atoms with van der Waals surface area (Å²) < 4.78 is 130. The summed E-state index contributed by atoms with van der Waals surface area (Å²) in [5.74, 6) is -11.0. The molecule has 0 bridgehead atoms. The molecular weight excluding hydrogens is 816 g/mol. The van der Waals surface area contributed by atoms with Crippen LogP contribution in [0.3, 0.4) is 0 Å². The summed E-state index contributed by atoms with van der Waals surface area (Å²) in [4.78, 5) is 32.5. The van der Waals surface area contributed by atoms with Crippen LogP contribution in [0.25, 0.3) is 0 Å². The minimum absolute atomic E-state index is 0.0503. The second kappa shape index (κ2) is 15.3. The van der Waals surface area contributed by atoms with E-state index >= 15 is 0 Å². The molecule has 6 aromatic carbocycles. The molecule has 302 valence electrons. The Morgan fingerprint density at radius 3 is 0.770 bits per heavy atom. The quantitative estimate of drug-likeness (QED) is 0.156. The standard InChI is InChI=1S/C42H21F9N10/c43-22-1-7-25(8-2-22)58(28-13-16-31(46)34(49)19-28)37-52-40-54-38(59(26-9-3-23(44)4-10-26)29-14-17-32(47)35(50)20-29)56-42-57-39(55-41(53-37)61(40)42)60(27-11-5-24(45)6-12-27)30-15-18-33(48)36(51)21-30/h1-21H. The lowest BCUT2D eigenvalue weighted by Gasteiger charge is -2.36. The van der Waals surface area contributed by atoms with Gasteiger partial charge in [-0.25, -0.2) is 44.4 Å². The Bertz CT molecular complexity index is 2620. The Kier molecular flexibility index (Phi) is 9.61. The summed E-state index contributed by atoms with van der Waals surface area (Å²) >= 11 is 0. The molecule has 6 aromatic rings. The average Bonchev–Trinajstić information content (AvgIpc) is 3.24. The highest BCUT2D eigenvalue weighted by atomic mass is 19.2. The van der Waals surface area contributed by atoms with Gasteiger partial charge < -0.3 is 0 Å². The number of guanidine groups is 6. The van der Waals surface area contributed by atoms with Gasteiger partial charge in [-0.05, 0) is 109 Å². The molecule has 0 spiro atoms. The van der Waals surface area contributed by atoms with E-state index in [2.05, 4.69) is 30.0 Å². The molecule has 3 aliphatic rings. The Balaban J connectivity index is 1.31. The third kappa shape index (κ3) is 7.32. The number of rotatable bonds is 6. The van der Waals surface area contributed by atoms with E-state index in [4.69, 9.17) is 0 Å². The van der Waals surface area contributed by atoms with Gasteiger partial charge in [0, 0.05) is 35.3 Å². The number of anilines is 6. The molecule has 9 rings (SSSR count). The first-order chi connectivity index (χ1) is 29.4. The van der Waals surface area contributed by atoms with Crippen LogP contribution >= 0.6 is 0 Å². The van der Waals surface area contributed by atoms with Gasteiger partial charge in [0.25, 0.3) is 0 Å². The lowest BCUT2D eigenvalue weighted by atomic mass is 10.2. The van der Waals surface area contributed by atoms with Gasteiger partial charge in [-0.1, -0.05) is 0 Å². The lowest BCUT2D eigenvalue weighted by molar-refractivity contribution is 0.509. The SMILES string of the molecule is Fc1ccc(N(C2=NC3=NC(N(c4ccc(F)cc4)c4ccc(F)c(F)c4)=NC4=NC(N(c5ccc(F)cc5)c5ccc(F)c(F)c5)=NC(=N2)N34)c2ccc(F)c(F)c2)cc1. The topological polar surface area (TPSA) is 87.1 Å². The normalized spacial score (nSPS) is 14.2. The zero-order valence-corrected chi connectivity index (χ0v) is 30.5. The monoisotopic (exact) mass is 836 g/mol. The minimum Gasteiger partial charge on any atom is -0.279 e. The predicted octanol–water partition coefficient (Wildman–Crippen LogP) is 10.2. The molecule has 0 fully saturated rings. The van der Waals surface area contributed by atoms with Crippen molar-refractivity contribution >= 4 is 69.9 Å². The van der Waals surface area contributed by atoms with Gasteiger partial charge in [0.05, 0.1) is 17.1 Å². The van der Waals surface area contributed by atoms with E-state index in [-0.39, 0.29) is 69.9 Å². The second-order valence-electron chi connectivity index (χ2n) is 13.0. The molecule has 3 heterocycles. The number of benzene rings is 6. The number of halogens is 9. The number of nitrogens with zero attached hydrogens (tertiary/aromatic N) is 10. The molecule has 0 aromatic heterocycles. The van der Waals surface area contributed by atoms with E-state index in [1.165, 1.54) is 69.3 Å². The molecule has 0 atom stereocenters. The Morgan fingerprint density at radius 1 is 0.279 bits per heavy atom. The van der Waals surface area contributed by atoms with E-state index < -0.39 is 52.4 Å². The van der Waals surface area contributed by atoms with E-state index in [0.29, 0.717) is 0 Å². The Labute approximate surface area is 338 Å². The summed E-state index contributed by atoms with van der Waals surface area (Å²) in [5, 5.41) is 0. The smallest absolute Gasteiger partial charge is 0.246 e. The van der Waals surface area contributed by atoms with Crippen LogP contribution in [-0.2, 0) is 0 Å². The van der Waals surface area contributed by atoms with Gasteiger partial charge in [0.2, 0.25) is 35.8 Å². The van der Waals surface area contributed by atoms with Gasteiger partial charge in [-0.3, -0.25) is 14.7 Å². The first kappa shape index (κ1) is 38.4. The first-order valence-corrected chi connectivity index (χ1v) is 17.7. The zero-order chi connectivity index (χ0) is 42.5. The molecular formula is C42H21F9N10. The van der Waals surface area contributed by atoms with Crippen molar-refractivity contribution in [1.82, 2.24) is 4.90 Å². The van der Waals surface area contributed by atoms with E-state index in [0.717, 1.165) is 77.7 Å². The molecule has 0 aliphatic carbocycles. The summed E-state index contributed by atoms with van der Waals surface area (Å²) in [6.45, 7) is 0. The summed E-state index contributed by atoms with van der Waals surface area (Å²) in [6, 6.07) is 23.1. The van der Waals surface area contributed by atoms with Crippen LogP contribution in [0.1, 0.15) is 0 Å². The van der Waals surface area contributed by atoms with Crippen LogP contribution in [0.2, 0.25) is 0 Å². The summed E-state index contributed by atoms with van der Waals surface area (Å²) in [5.41, 5.74) is 0.287. The van der Waals surface area contributed by atoms with Crippen molar-refractivity contribution in [3.63, 3.8) is 0 Å². The van der Waals surface area contributed by atoms with Crippen molar-refractivity contribution in [2.45, 2.75) is 0 Å². The van der Waals surface area contributed by atoms with Crippen LogP contribution in [0.15, 0.2) is 157 Å². The molecule has 0 amide bonds. The second-order valence-corrected chi connectivity index (χ2v) is 13.0. The van der Waals surface area contributed by atoms with Crippen LogP contribution in [0.5, 0.6) is 0 Å². The van der Waals surface area contributed by atoms with Crippen LogP contribution in [-0.4, -0.2) is 40.7 Å². The summed E-state index contributed by atoms with van der Waals surface area (Å²) in [6.07, 6.45) is 0. The highest BCUT2D eigenvalue weighted by Crippen LogP contribution is 2.35. The van der Waals surface area contributed by atoms with Crippen LogP contribution in [0.4, 0.5) is 73.6 Å². The molecule has 0 N–H and O–H groups in total. The lowest BCUT2D eigenvalue weighted by Crippen LogP contribution is -2.51. The maximum atomic E-state index is 14.9. The number of hydrogen-bond acceptors (Lipinski definition) is 10. The molecule has 0 saturated carbocycles. The fourth-order valence-corrected chi connectivity index (χ4v) is 6.34. The zero-order valence-electron chi connectivity index (χ0n) is 30.5. The Hall–Kier alpha value is -8.09. The van der Waals surface area contributed by atoms with E-state index in [9.17, 15) is 39.5 Å². The molecule has 0 saturated heterocycles. The van der Waals surface area contributed by atoms with Gasteiger partial charge in [-0.2, -0.15) is 30.0 Å². The molecule has 0 radical (unpaired) electrons. The Morgan fingerprint density at radius 2 is 0.525 bits per heavy atom. The fraction of sp³-hybridized carbons (Fsp3) is 0. The van der Waals surface area contributed by atoms with Crippen molar-refractivity contribution in [3.05, 3.63) is 180 Å². The van der Waals surface area contributed by atoms with Gasteiger partial charge in [0.1, 0.15) is 17.5 Å². The van der Waals surface area contributed by atoms with Crippen molar-refractivity contribution < 1.29 is 39.5 Å². The number of hydrogen-bond donors (Lipinski definition) is 0. The molecule has 0 unspecified atom stereocenters. The number of aliphatic imine (C=N–C) groups is 6. The highest BCUT2D eigenvalue weighted by Gasteiger charge is 2.39. The molecule has 19 heteroatoms. The highest BCUT2D eigenvalue weighted by molar-refractivity contribution is 6.34. The van der Waals surface area contributed by atoms with Gasteiger partial charge >= 0.3 is 0 Å². The maximum absolute atomic E-state index is 14.9. The van der Waals surface area contributed by atoms with Crippen LogP contribution < -0.4 is 14.7 Å². The van der Waals surface area contributed by atoms with Crippen molar-refractivity contribution in [2.75, 3.05) is 14.7 Å². The minimum atomic E-state index is -1.25. The largest absolute Gasteiger partial charge is 0.279 e. The third-order valence-electron chi connectivity index (χ3n) is 9.14. The van der Waals surface area contributed by atoms with E-state index in [1.54, 1.807) is 0 Å². The fourth-order valence-electron chi connectivity index (χ4n) is 6.34. The molecule has 10 nitrogen and oxygen atoms in total. The first-order valence-electron chi connectivity index (χ1n) is 17.7. The predicted molar refractivity (Wildman–Crippen MR) is 211 cm³/mol. The van der Waals surface area contributed by atoms with Crippen LogP contribution in [0, 0.1) is 52.4 Å². The molecule has 3 aliphatic heterocycles.